The Labute approximate surface area is 222 Å². The van der Waals surface area contributed by atoms with Crippen LogP contribution in [0.2, 0.25) is 0 Å². The van der Waals surface area contributed by atoms with Crippen molar-refractivity contribution in [2.75, 3.05) is 39.3 Å². The smallest absolute Gasteiger partial charge is 0.277 e. The van der Waals surface area contributed by atoms with Crippen molar-refractivity contribution in [2.24, 2.45) is 0 Å². The van der Waals surface area contributed by atoms with Gasteiger partial charge >= 0.3 is 0 Å². The molecule has 37 heavy (non-hydrogen) atoms. The predicted molar refractivity (Wildman–Crippen MR) is 144 cm³/mol. The molecule has 0 spiro atoms. The Kier molecular flexibility index (Phi) is 11.7. The zero-order valence-corrected chi connectivity index (χ0v) is 23.2. The number of hydrogen-bond acceptors (Lipinski definition) is 7. The molecule has 0 radical (unpaired) electrons. The SMILES string of the molecule is CCCc1nc(C)c2c(=O)[nH]c(-c3cc(S(=O)(=O)N4CCN(CC)CC4)ccc3OCC)nn12.Cl.O.O. The summed E-state index contributed by atoms with van der Waals surface area (Å²) in [5, 5.41) is 4.65. The van der Waals surface area contributed by atoms with Gasteiger partial charge in [0.1, 0.15) is 11.6 Å². The number of ether oxygens (including phenoxy) is 1. The standard InChI is InChI=1S/C23H32N6O4S.ClH.2H2O/c1-5-8-20-24-16(4)21-23(30)25-22(26-29(20)21)18-15-17(9-10-19(18)33-7-3)34(31,32)28-13-11-27(6-2)12-14-28;;;/h9-10,15H,5-8,11-14H2,1-4H3,(H,25,26,30);1H;2*1H2. The van der Waals surface area contributed by atoms with Crippen LogP contribution in [0.15, 0.2) is 27.9 Å². The lowest BCUT2D eigenvalue weighted by atomic mass is 10.2. The van der Waals surface area contributed by atoms with Crippen molar-refractivity contribution in [3.8, 4) is 17.1 Å². The molecule has 0 unspecified atom stereocenters. The molecule has 1 fully saturated rings. The van der Waals surface area contributed by atoms with Crippen molar-refractivity contribution in [1.82, 2.24) is 28.8 Å². The third-order valence-electron chi connectivity index (χ3n) is 6.14. The highest BCUT2D eigenvalue weighted by atomic mass is 35.5. The number of aryl methyl sites for hydroxylation is 2. The largest absolute Gasteiger partial charge is 0.493 e. The molecule has 3 heterocycles. The number of aromatic nitrogens is 4. The monoisotopic (exact) mass is 560 g/mol. The zero-order valence-electron chi connectivity index (χ0n) is 21.6. The summed E-state index contributed by atoms with van der Waals surface area (Å²) in [6, 6.07) is 4.72. The zero-order chi connectivity index (χ0) is 24.5. The normalized spacial score (nSPS) is 14.5. The van der Waals surface area contributed by atoms with Gasteiger partial charge in [-0.25, -0.2) is 17.9 Å². The van der Waals surface area contributed by atoms with E-state index in [2.05, 4.69) is 26.9 Å². The molecule has 1 aliphatic rings. The number of nitrogens with zero attached hydrogens (tertiary/aromatic N) is 5. The molecular weight excluding hydrogens is 524 g/mol. The van der Waals surface area contributed by atoms with Gasteiger partial charge in [-0.1, -0.05) is 13.8 Å². The molecule has 12 nitrogen and oxygen atoms in total. The third kappa shape index (κ3) is 6.30. The fourth-order valence-corrected chi connectivity index (χ4v) is 5.76. The molecule has 14 heteroatoms. The van der Waals surface area contributed by atoms with Crippen LogP contribution in [0.25, 0.3) is 16.9 Å². The average molecular weight is 561 g/mol. The topological polar surface area (TPSA) is 176 Å². The first-order chi connectivity index (χ1) is 16.3. The molecule has 1 aromatic carbocycles. The number of nitrogens with one attached hydrogen (secondary N) is 1. The van der Waals surface area contributed by atoms with Crippen LogP contribution in [0.4, 0.5) is 0 Å². The lowest BCUT2D eigenvalue weighted by Crippen LogP contribution is -2.48. The van der Waals surface area contributed by atoms with E-state index in [9.17, 15) is 13.2 Å². The number of halogens is 1. The minimum atomic E-state index is -3.71. The molecule has 1 saturated heterocycles. The Balaban J connectivity index is 0.00000228. The number of likely N-dealkylation sites (N-methyl/N-ethyl adjacent to an activating group) is 1. The highest BCUT2D eigenvalue weighted by Gasteiger charge is 2.29. The van der Waals surface area contributed by atoms with Crippen molar-refractivity contribution in [2.45, 2.75) is 45.4 Å². The summed E-state index contributed by atoms with van der Waals surface area (Å²) in [4.78, 5) is 22.6. The molecule has 0 atom stereocenters. The van der Waals surface area contributed by atoms with E-state index in [1.165, 1.54) is 4.31 Å². The molecular formula is C23H37ClN6O6S. The van der Waals surface area contributed by atoms with Crippen LogP contribution >= 0.6 is 12.4 Å². The van der Waals surface area contributed by atoms with Crippen LogP contribution in [-0.4, -0.2) is 87.5 Å². The van der Waals surface area contributed by atoms with Gasteiger partial charge in [-0.15, -0.1) is 17.5 Å². The number of imidazole rings is 1. The van der Waals surface area contributed by atoms with E-state index in [4.69, 9.17) is 4.74 Å². The Hall–Kier alpha value is -2.55. The summed E-state index contributed by atoms with van der Waals surface area (Å²) >= 11 is 0. The number of hydrogen-bond donors (Lipinski definition) is 1. The van der Waals surface area contributed by atoms with E-state index in [0.29, 0.717) is 67.6 Å². The second-order valence-electron chi connectivity index (χ2n) is 8.36. The van der Waals surface area contributed by atoms with Crippen molar-refractivity contribution in [3.63, 3.8) is 0 Å². The van der Waals surface area contributed by atoms with E-state index in [1.54, 1.807) is 29.6 Å². The van der Waals surface area contributed by atoms with Gasteiger partial charge in [0.2, 0.25) is 10.0 Å². The predicted octanol–water partition coefficient (Wildman–Crippen LogP) is 0.843. The molecule has 0 saturated carbocycles. The summed E-state index contributed by atoms with van der Waals surface area (Å²) in [6.07, 6.45) is 1.52. The maximum absolute atomic E-state index is 13.4. The Morgan fingerprint density at radius 1 is 1.08 bits per heavy atom. The first kappa shape index (κ1) is 32.5. The van der Waals surface area contributed by atoms with E-state index in [0.717, 1.165) is 13.0 Å². The first-order valence-electron chi connectivity index (χ1n) is 11.8. The fourth-order valence-electron chi connectivity index (χ4n) is 4.31. The van der Waals surface area contributed by atoms with Gasteiger partial charge in [-0.2, -0.15) is 4.31 Å². The number of sulfonamides is 1. The lowest BCUT2D eigenvalue weighted by Gasteiger charge is -2.33. The van der Waals surface area contributed by atoms with E-state index in [1.807, 2.05) is 13.8 Å². The Bertz CT molecular complexity index is 1350. The maximum atomic E-state index is 13.4. The number of H-pyrrole nitrogens is 1. The summed E-state index contributed by atoms with van der Waals surface area (Å²) < 4.78 is 35.7. The molecule has 3 aromatic rings. The lowest BCUT2D eigenvalue weighted by molar-refractivity contribution is 0.196. The van der Waals surface area contributed by atoms with Crippen LogP contribution in [-0.2, 0) is 16.4 Å². The van der Waals surface area contributed by atoms with E-state index < -0.39 is 10.0 Å². The molecule has 0 aliphatic carbocycles. The number of fused-ring (bicyclic) bond motifs is 1. The summed E-state index contributed by atoms with van der Waals surface area (Å²) in [6.45, 7) is 11.3. The van der Waals surface area contributed by atoms with Gasteiger partial charge in [-0.05, 0) is 45.0 Å². The molecule has 1 aliphatic heterocycles. The van der Waals surface area contributed by atoms with Crippen molar-refractivity contribution < 1.29 is 24.1 Å². The van der Waals surface area contributed by atoms with E-state index in [-0.39, 0.29) is 39.6 Å². The first-order valence-corrected chi connectivity index (χ1v) is 13.2. The molecule has 0 bridgehead atoms. The number of benzene rings is 1. The Morgan fingerprint density at radius 2 is 1.76 bits per heavy atom. The second-order valence-corrected chi connectivity index (χ2v) is 10.3. The fraction of sp³-hybridized carbons (Fsp3) is 0.522. The highest BCUT2D eigenvalue weighted by molar-refractivity contribution is 7.89. The summed E-state index contributed by atoms with van der Waals surface area (Å²) in [5.41, 5.74) is 1.09. The summed E-state index contributed by atoms with van der Waals surface area (Å²) in [5.74, 6) is 1.38. The van der Waals surface area contributed by atoms with Gasteiger partial charge in [0.05, 0.1) is 22.8 Å². The van der Waals surface area contributed by atoms with Gasteiger partial charge in [0.15, 0.2) is 11.3 Å². The van der Waals surface area contributed by atoms with Crippen molar-refractivity contribution in [3.05, 3.63) is 40.1 Å². The van der Waals surface area contributed by atoms with Crippen LogP contribution in [0, 0.1) is 6.92 Å². The number of piperazine rings is 1. The third-order valence-corrected chi connectivity index (χ3v) is 8.03. The quantitative estimate of drug-likeness (QED) is 0.424. The molecule has 5 N–H and O–H groups in total. The Morgan fingerprint density at radius 3 is 2.35 bits per heavy atom. The minimum absolute atomic E-state index is 0. The molecule has 4 rings (SSSR count). The van der Waals surface area contributed by atoms with Gasteiger partial charge in [0, 0.05) is 32.6 Å². The van der Waals surface area contributed by atoms with E-state index >= 15 is 0 Å². The van der Waals surface area contributed by atoms with Crippen LogP contribution in [0.5, 0.6) is 5.75 Å². The van der Waals surface area contributed by atoms with Gasteiger partial charge < -0.3 is 25.6 Å². The molecule has 208 valence electrons. The second kappa shape index (κ2) is 13.3. The minimum Gasteiger partial charge on any atom is -0.493 e. The highest BCUT2D eigenvalue weighted by Crippen LogP contribution is 2.31. The van der Waals surface area contributed by atoms with Crippen LogP contribution in [0.1, 0.15) is 38.7 Å². The van der Waals surface area contributed by atoms with Crippen molar-refractivity contribution in [1.29, 1.82) is 0 Å². The van der Waals surface area contributed by atoms with Crippen molar-refractivity contribution >= 4 is 27.9 Å². The number of aromatic amines is 1. The molecule has 2 aromatic heterocycles. The number of rotatable bonds is 8. The van der Waals surface area contributed by atoms with Gasteiger partial charge in [0.25, 0.3) is 5.56 Å². The average Bonchev–Trinajstić information content (AvgIpc) is 3.15. The summed E-state index contributed by atoms with van der Waals surface area (Å²) in [7, 11) is -3.71. The van der Waals surface area contributed by atoms with Crippen LogP contribution in [0.3, 0.4) is 0 Å². The van der Waals surface area contributed by atoms with Gasteiger partial charge in [-0.3, -0.25) is 4.79 Å². The van der Waals surface area contributed by atoms with Crippen LogP contribution < -0.4 is 10.3 Å². The molecule has 0 amide bonds. The maximum Gasteiger partial charge on any atom is 0.277 e.